The summed E-state index contributed by atoms with van der Waals surface area (Å²) in [7, 11) is 0. The quantitative estimate of drug-likeness (QED) is 0.603. The van der Waals surface area contributed by atoms with Crippen LogP contribution in [0.1, 0.15) is 0 Å². The van der Waals surface area contributed by atoms with E-state index in [1.165, 1.54) is 12.4 Å². The normalized spacial score (nSPS) is 25.5. The zero-order valence-corrected chi connectivity index (χ0v) is 8.76. The molecule has 1 saturated heterocycles. The molecule has 1 unspecified atom stereocenters. The number of hydrogen-bond donors (Lipinski definition) is 1. The minimum atomic E-state index is -0.928. The van der Waals surface area contributed by atoms with Crippen molar-refractivity contribution in [3.63, 3.8) is 0 Å². The lowest BCUT2D eigenvalue weighted by molar-refractivity contribution is -0.128. The number of aliphatic imine (C=N–C) groups is 1. The maximum atomic E-state index is 11.9. The molecule has 1 atom stereocenters. The molecular weight excluding hydrogens is 210 g/mol. The van der Waals surface area contributed by atoms with Crippen LogP contribution in [-0.2, 0) is 14.3 Å². The molecule has 1 amide bonds. The summed E-state index contributed by atoms with van der Waals surface area (Å²) in [5.74, 6) is -1.86. The number of rotatable bonds is 2. The molecule has 0 bridgehead atoms. The molecule has 0 radical (unpaired) electrons. The maximum Gasteiger partial charge on any atom is 0.233 e. The number of primary amides is 1. The molecule has 6 nitrogen and oxygen atoms in total. The standard InChI is InChI=1S/C10H13N3O3/c11-10(15)7-5-12-6-8(9(7)14)13-1-3-16-4-2-13/h5-7H,1-4H2,(H2,11,15). The van der Waals surface area contributed by atoms with Crippen LogP contribution in [-0.4, -0.2) is 49.1 Å². The van der Waals surface area contributed by atoms with Crippen LogP contribution < -0.4 is 5.73 Å². The molecule has 86 valence electrons. The summed E-state index contributed by atoms with van der Waals surface area (Å²) < 4.78 is 5.19. The fourth-order valence-corrected chi connectivity index (χ4v) is 1.73. The van der Waals surface area contributed by atoms with E-state index in [0.29, 0.717) is 32.0 Å². The lowest BCUT2D eigenvalue weighted by Gasteiger charge is -2.31. The lowest BCUT2D eigenvalue weighted by atomic mass is 10.00. The Morgan fingerprint density at radius 2 is 2.19 bits per heavy atom. The van der Waals surface area contributed by atoms with Crippen molar-refractivity contribution >= 4 is 17.9 Å². The minimum absolute atomic E-state index is 0.274. The van der Waals surface area contributed by atoms with Gasteiger partial charge in [-0.15, -0.1) is 0 Å². The highest BCUT2D eigenvalue weighted by Gasteiger charge is 2.31. The van der Waals surface area contributed by atoms with Gasteiger partial charge in [0.25, 0.3) is 0 Å². The van der Waals surface area contributed by atoms with Crippen LogP contribution in [0.5, 0.6) is 0 Å². The van der Waals surface area contributed by atoms with E-state index >= 15 is 0 Å². The Balaban J connectivity index is 2.15. The summed E-state index contributed by atoms with van der Waals surface area (Å²) >= 11 is 0. The van der Waals surface area contributed by atoms with Crippen LogP contribution in [0.3, 0.4) is 0 Å². The first-order chi connectivity index (χ1) is 7.70. The van der Waals surface area contributed by atoms with Gasteiger partial charge in [-0.1, -0.05) is 0 Å². The third-order valence-electron chi connectivity index (χ3n) is 2.63. The van der Waals surface area contributed by atoms with Gasteiger partial charge in [0.05, 0.1) is 19.4 Å². The summed E-state index contributed by atoms with van der Waals surface area (Å²) in [6, 6.07) is 0. The number of carbonyl (C=O) groups is 2. The highest BCUT2D eigenvalue weighted by molar-refractivity contribution is 6.20. The molecule has 2 heterocycles. The van der Waals surface area contributed by atoms with Crippen molar-refractivity contribution in [2.24, 2.45) is 16.6 Å². The topological polar surface area (TPSA) is 85.0 Å². The number of nitrogens with two attached hydrogens (primary N) is 1. The van der Waals surface area contributed by atoms with Crippen molar-refractivity contribution in [1.82, 2.24) is 4.90 Å². The van der Waals surface area contributed by atoms with E-state index in [4.69, 9.17) is 10.5 Å². The van der Waals surface area contributed by atoms with Crippen LogP contribution in [0.2, 0.25) is 0 Å². The Labute approximate surface area is 92.8 Å². The Kier molecular flexibility index (Phi) is 3.00. The zero-order valence-electron chi connectivity index (χ0n) is 8.76. The Morgan fingerprint density at radius 3 is 2.81 bits per heavy atom. The number of carbonyl (C=O) groups excluding carboxylic acids is 2. The Morgan fingerprint density at radius 1 is 1.50 bits per heavy atom. The number of amides is 1. The van der Waals surface area contributed by atoms with E-state index in [1.54, 1.807) is 0 Å². The van der Waals surface area contributed by atoms with Gasteiger partial charge in [0.2, 0.25) is 5.91 Å². The van der Waals surface area contributed by atoms with Gasteiger partial charge in [0, 0.05) is 19.3 Å². The van der Waals surface area contributed by atoms with Crippen molar-refractivity contribution in [2.75, 3.05) is 26.3 Å². The molecule has 0 aromatic carbocycles. The molecule has 2 N–H and O–H groups in total. The fraction of sp³-hybridized carbons (Fsp3) is 0.500. The second-order valence-electron chi connectivity index (χ2n) is 3.66. The van der Waals surface area contributed by atoms with E-state index < -0.39 is 11.8 Å². The van der Waals surface area contributed by atoms with Crippen LogP contribution in [0, 0.1) is 5.92 Å². The van der Waals surface area contributed by atoms with Crippen molar-refractivity contribution in [2.45, 2.75) is 0 Å². The number of ketones is 1. The molecular formula is C10H13N3O3. The molecule has 16 heavy (non-hydrogen) atoms. The van der Waals surface area contributed by atoms with Crippen molar-refractivity contribution in [1.29, 1.82) is 0 Å². The molecule has 2 aliphatic heterocycles. The molecule has 1 fully saturated rings. The summed E-state index contributed by atoms with van der Waals surface area (Å²) in [5.41, 5.74) is 5.58. The van der Waals surface area contributed by atoms with E-state index in [0.717, 1.165) is 0 Å². The third kappa shape index (κ3) is 1.96. The van der Waals surface area contributed by atoms with Gasteiger partial charge in [-0.05, 0) is 0 Å². The molecule has 2 rings (SSSR count). The molecule has 0 saturated carbocycles. The molecule has 0 aromatic heterocycles. The first-order valence-corrected chi connectivity index (χ1v) is 5.10. The van der Waals surface area contributed by atoms with E-state index in [1.807, 2.05) is 4.90 Å². The number of hydrogen-bond acceptors (Lipinski definition) is 5. The largest absolute Gasteiger partial charge is 0.378 e. The second kappa shape index (κ2) is 4.44. The lowest BCUT2D eigenvalue weighted by Crippen LogP contribution is -2.43. The van der Waals surface area contributed by atoms with Crippen LogP contribution in [0.25, 0.3) is 0 Å². The number of morpholine rings is 1. The van der Waals surface area contributed by atoms with Crippen molar-refractivity contribution in [3.05, 3.63) is 11.9 Å². The maximum absolute atomic E-state index is 11.9. The summed E-state index contributed by atoms with van der Waals surface area (Å²) in [6.07, 6.45) is 2.77. The van der Waals surface area contributed by atoms with Crippen molar-refractivity contribution in [3.8, 4) is 0 Å². The third-order valence-corrected chi connectivity index (χ3v) is 2.63. The van der Waals surface area contributed by atoms with Crippen LogP contribution in [0.15, 0.2) is 16.9 Å². The average Bonchev–Trinajstić information content (AvgIpc) is 2.30. The highest BCUT2D eigenvalue weighted by atomic mass is 16.5. The van der Waals surface area contributed by atoms with E-state index in [2.05, 4.69) is 4.99 Å². The van der Waals surface area contributed by atoms with Crippen LogP contribution in [0.4, 0.5) is 0 Å². The monoisotopic (exact) mass is 223 g/mol. The summed E-state index contributed by atoms with van der Waals surface area (Å²) in [6.45, 7) is 2.43. The minimum Gasteiger partial charge on any atom is -0.378 e. The first-order valence-electron chi connectivity index (χ1n) is 5.10. The smallest absolute Gasteiger partial charge is 0.233 e. The van der Waals surface area contributed by atoms with Gasteiger partial charge >= 0.3 is 0 Å². The van der Waals surface area contributed by atoms with Gasteiger partial charge in [-0.25, -0.2) is 0 Å². The molecule has 2 aliphatic rings. The van der Waals surface area contributed by atoms with Gasteiger partial charge in [-0.2, -0.15) is 0 Å². The van der Waals surface area contributed by atoms with Gasteiger partial charge in [0.15, 0.2) is 5.78 Å². The average molecular weight is 223 g/mol. The van der Waals surface area contributed by atoms with Gasteiger partial charge in [0.1, 0.15) is 11.6 Å². The molecule has 0 aliphatic carbocycles. The predicted octanol–water partition coefficient (Wildman–Crippen LogP) is -1.08. The zero-order chi connectivity index (χ0) is 11.5. The number of nitrogens with zero attached hydrogens (tertiary/aromatic N) is 2. The second-order valence-corrected chi connectivity index (χ2v) is 3.66. The highest BCUT2D eigenvalue weighted by Crippen LogP contribution is 2.16. The molecule has 0 spiro atoms. The van der Waals surface area contributed by atoms with Crippen molar-refractivity contribution < 1.29 is 14.3 Å². The molecule has 6 heteroatoms. The molecule has 0 aromatic rings. The first kappa shape index (κ1) is 10.8. The van der Waals surface area contributed by atoms with Crippen LogP contribution >= 0.6 is 0 Å². The Bertz CT molecular complexity index is 370. The Hall–Kier alpha value is -1.69. The van der Waals surface area contributed by atoms with Gasteiger partial charge < -0.3 is 15.4 Å². The van der Waals surface area contributed by atoms with E-state index in [9.17, 15) is 9.59 Å². The summed E-state index contributed by atoms with van der Waals surface area (Å²) in [4.78, 5) is 28.7. The predicted molar refractivity (Wildman–Crippen MR) is 56.7 cm³/mol. The SMILES string of the molecule is NC(=O)C1C=NC=C(N2CCOCC2)C1=O. The number of ether oxygens (including phenoxy) is 1. The number of Topliss-reactive ketones (excluding diaryl/α,β-unsaturated/α-hetero) is 1. The number of allylic oxidation sites excluding steroid dienone is 1. The summed E-state index contributed by atoms with van der Waals surface area (Å²) in [5, 5.41) is 0. The van der Waals surface area contributed by atoms with E-state index in [-0.39, 0.29) is 5.78 Å². The fourth-order valence-electron chi connectivity index (χ4n) is 1.73. The van der Waals surface area contributed by atoms with Gasteiger partial charge in [-0.3, -0.25) is 14.6 Å².